The van der Waals surface area contributed by atoms with Crippen LogP contribution in [0.3, 0.4) is 0 Å². The molecule has 1 heterocycles. The minimum atomic E-state index is -0.343. The Morgan fingerprint density at radius 2 is 1.92 bits per heavy atom. The molecule has 7 heteroatoms. The number of rotatable bonds is 3. The van der Waals surface area contributed by atoms with E-state index in [2.05, 4.69) is 15.9 Å². The molecule has 0 radical (unpaired) electrons. The molecular weight excluding hydrogens is 424 g/mol. The van der Waals surface area contributed by atoms with Crippen LogP contribution < -0.4 is 9.80 Å². The molecule has 2 amide bonds. The van der Waals surface area contributed by atoms with Gasteiger partial charge in [0.2, 0.25) is 0 Å². The first kappa shape index (κ1) is 18.0. The Morgan fingerprint density at radius 3 is 2.56 bits per heavy atom. The van der Waals surface area contributed by atoms with Crippen LogP contribution in [0.25, 0.3) is 6.08 Å². The SMILES string of the molecule is CN(C)c1ccc(/C=C2/SC(=O)N(c3cccc(Cl)c3)C2=O)cc1Br. The molecule has 0 saturated carbocycles. The first-order valence-corrected chi connectivity index (χ1v) is 9.36. The van der Waals surface area contributed by atoms with Gasteiger partial charge in [-0.25, -0.2) is 4.90 Å². The van der Waals surface area contributed by atoms with Crippen LogP contribution in [-0.2, 0) is 4.79 Å². The zero-order chi connectivity index (χ0) is 18.1. The number of carbonyl (C=O) groups excluding carboxylic acids is 2. The van der Waals surface area contributed by atoms with Gasteiger partial charge in [0.15, 0.2) is 0 Å². The Bertz CT molecular complexity index is 898. The Morgan fingerprint density at radius 1 is 1.16 bits per heavy atom. The van der Waals surface area contributed by atoms with Crippen LogP contribution in [0, 0.1) is 0 Å². The number of halogens is 2. The number of benzene rings is 2. The number of thioether (sulfide) groups is 1. The van der Waals surface area contributed by atoms with Gasteiger partial charge < -0.3 is 4.90 Å². The van der Waals surface area contributed by atoms with E-state index in [0.717, 1.165) is 32.4 Å². The first-order chi connectivity index (χ1) is 11.9. The van der Waals surface area contributed by atoms with Crippen molar-refractivity contribution >= 4 is 67.9 Å². The Kier molecular flexibility index (Phi) is 5.22. The lowest BCUT2D eigenvalue weighted by molar-refractivity contribution is -0.113. The van der Waals surface area contributed by atoms with Gasteiger partial charge in [0.05, 0.1) is 16.3 Å². The summed E-state index contributed by atoms with van der Waals surface area (Å²) in [5.41, 5.74) is 2.35. The molecule has 0 aliphatic carbocycles. The molecule has 0 bridgehead atoms. The fourth-order valence-electron chi connectivity index (χ4n) is 2.43. The monoisotopic (exact) mass is 436 g/mol. The van der Waals surface area contributed by atoms with Crippen LogP contribution in [0.5, 0.6) is 0 Å². The lowest BCUT2D eigenvalue weighted by Crippen LogP contribution is -2.27. The van der Waals surface area contributed by atoms with E-state index in [0.29, 0.717) is 15.6 Å². The van der Waals surface area contributed by atoms with E-state index in [1.54, 1.807) is 30.3 Å². The van der Waals surface area contributed by atoms with E-state index in [1.165, 1.54) is 0 Å². The second-order valence-corrected chi connectivity index (χ2v) is 7.89. The van der Waals surface area contributed by atoms with Gasteiger partial charge in [-0.1, -0.05) is 23.7 Å². The zero-order valence-electron chi connectivity index (χ0n) is 13.5. The highest BCUT2D eigenvalue weighted by Gasteiger charge is 2.36. The summed E-state index contributed by atoms with van der Waals surface area (Å²) >= 11 is 10.4. The van der Waals surface area contributed by atoms with Crippen LogP contribution in [0.2, 0.25) is 5.02 Å². The fraction of sp³-hybridized carbons (Fsp3) is 0.111. The van der Waals surface area contributed by atoms with Crippen molar-refractivity contribution in [3.05, 3.63) is 62.4 Å². The topological polar surface area (TPSA) is 40.6 Å². The highest BCUT2D eigenvalue weighted by Crippen LogP contribution is 2.37. The number of hydrogen-bond acceptors (Lipinski definition) is 4. The van der Waals surface area contributed by atoms with Crippen molar-refractivity contribution in [2.75, 3.05) is 23.9 Å². The molecule has 0 aromatic heterocycles. The summed E-state index contributed by atoms with van der Waals surface area (Å²) in [7, 11) is 3.91. The van der Waals surface area contributed by atoms with Gasteiger partial charge in [0.1, 0.15) is 0 Å². The van der Waals surface area contributed by atoms with E-state index < -0.39 is 0 Å². The van der Waals surface area contributed by atoms with Crippen LogP contribution >= 0.6 is 39.3 Å². The van der Waals surface area contributed by atoms with E-state index in [9.17, 15) is 9.59 Å². The molecule has 2 aromatic rings. The molecule has 1 aliphatic rings. The molecule has 3 rings (SSSR count). The normalized spacial score (nSPS) is 16.0. The van der Waals surface area contributed by atoms with Gasteiger partial charge in [0.25, 0.3) is 11.1 Å². The molecule has 0 atom stereocenters. The summed E-state index contributed by atoms with van der Waals surface area (Å²) in [5, 5.41) is 0.145. The summed E-state index contributed by atoms with van der Waals surface area (Å²) in [6.45, 7) is 0. The first-order valence-electron chi connectivity index (χ1n) is 7.37. The number of hydrogen-bond donors (Lipinski definition) is 0. The minimum absolute atomic E-state index is 0.331. The van der Waals surface area contributed by atoms with Crippen molar-refractivity contribution in [2.24, 2.45) is 0 Å². The summed E-state index contributed by atoms with van der Waals surface area (Å²) in [6.07, 6.45) is 1.72. The molecule has 128 valence electrons. The minimum Gasteiger partial charge on any atom is -0.377 e. The number of anilines is 2. The van der Waals surface area contributed by atoms with Crippen LogP contribution in [-0.4, -0.2) is 25.2 Å². The van der Waals surface area contributed by atoms with E-state index >= 15 is 0 Å². The molecule has 0 unspecified atom stereocenters. The quantitative estimate of drug-likeness (QED) is 0.602. The van der Waals surface area contributed by atoms with Crippen molar-refractivity contribution in [1.29, 1.82) is 0 Å². The smallest absolute Gasteiger partial charge is 0.298 e. The maximum absolute atomic E-state index is 12.6. The van der Waals surface area contributed by atoms with Crippen LogP contribution in [0.1, 0.15) is 5.56 Å². The van der Waals surface area contributed by atoms with Gasteiger partial charge in [-0.15, -0.1) is 0 Å². The molecular formula is C18H14BrClN2O2S. The second kappa shape index (κ2) is 7.23. The predicted molar refractivity (Wildman–Crippen MR) is 108 cm³/mol. The van der Waals surface area contributed by atoms with Gasteiger partial charge in [-0.2, -0.15) is 0 Å². The van der Waals surface area contributed by atoms with Gasteiger partial charge in [0, 0.05) is 23.6 Å². The summed E-state index contributed by atoms with van der Waals surface area (Å²) in [5.74, 6) is -0.343. The third-order valence-corrected chi connectivity index (χ3v) is 5.35. The second-order valence-electron chi connectivity index (χ2n) is 5.60. The molecule has 25 heavy (non-hydrogen) atoms. The van der Waals surface area contributed by atoms with E-state index in [4.69, 9.17) is 11.6 Å². The predicted octanol–water partition coefficient (Wildman–Crippen LogP) is 5.41. The molecule has 0 N–H and O–H groups in total. The molecule has 4 nitrogen and oxygen atoms in total. The maximum atomic E-state index is 12.6. The Labute approximate surface area is 163 Å². The van der Waals surface area contributed by atoms with Crippen molar-refractivity contribution in [3.63, 3.8) is 0 Å². The number of carbonyl (C=O) groups is 2. The van der Waals surface area contributed by atoms with Gasteiger partial charge >= 0.3 is 0 Å². The average molecular weight is 438 g/mol. The van der Waals surface area contributed by atoms with Crippen molar-refractivity contribution in [1.82, 2.24) is 0 Å². The summed E-state index contributed by atoms with van der Waals surface area (Å²) in [4.78, 5) is 28.4. The third kappa shape index (κ3) is 3.76. The van der Waals surface area contributed by atoms with E-state index in [1.807, 2.05) is 37.2 Å². The highest BCUT2D eigenvalue weighted by atomic mass is 79.9. The standard InChI is InChI=1S/C18H14BrClN2O2S/c1-21(2)15-7-6-11(8-14(15)19)9-16-17(23)22(18(24)25-16)13-5-3-4-12(20)10-13/h3-10H,1-2H3/b16-9+. The maximum Gasteiger partial charge on any atom is 0.298 e. The van der Waals surface area contributed by atoms with Crippen LogP contribution in [0.15, 0.2) is 51.8 Å². The van der Waals surface area contributed by atoms with Crippen molar-refractivity contribution in [3.8, 4) is 0 Å². The third-order valence-electron chi connectivity index (χ3n) is 3.61. The molecule has 0 spiro atoms. The summed E-state index contributed by atoms with van der Waals surface area (Å²) < 4.78 is 0.917. The Balaban J connectivity index is 1.92. The van der Waals surface area contributed by atoms with Crippen LogP contribution in [0.4, 0.5) is 16.2 Å². The molecule has 1 aliphatic heterocycles. The number of amides is 2. The average Bonchev–Trinajstić information content (AvgIpc) is 2.81. The highest BCUT2D eigenvalue weighted by molar-refractivity contribution is 9.10. The molecule has 1 saturated heterocycles. The fourth-order valence-corrected chi connectivity index (χ4v) is 4.21. The van der Waals surface area contributed by atoms with Crippen molar-refractivity contribution in [2.45, 2.75) is 0 Å². The van der Waals surface area contributed by atoms with E-state index in [-0.39, 0.29) is 11.1 Å². The van der Waals surface area contributed by atoms with Crippen molar-refractivity contribution < 1.29 is 9.59 Å². The Hall–Kier alpha value is -1.76. The van der Waals surface area contributed by atoms with Gasteiger partial charge in [-0.3, -0.25) is 9.59 Å². The summed E-state index contributed by atoms with van der Waals surface area (Å²) in [6, 6.07) is 12.5. The lowest BCUT2D eigenvalue weighted by atomic mass is 10.2. The molecule has 1 fully saturated rings. The number of imide groups is 1. The zero-order valence-corrected chi connectivity index (χ0v) is 16.7. The largest absolute Gasteiger partial charge is 0.377 e. The lowest BCUT2D eigenvalue weighted by Gasteiger charge is -2.14. The van der Waals surface area contributed by atoms with Gasteiger partial charge in [-0.05, 0) is 69.7 Å². The number of nitrogens with zero attached hydrogens (tertiary/aromatic N) is 2. The molecule has 2 aromatic carbocycles.